The third kappa shape index (κ3) is 3.09. The smallest absolute Gasteiger partial charge is 0.244 e. The summed E-state index contributed by atoms with van der Waals surface area (Å²) in [5, 5.41) is 26.3. The lowest BCUT2D eigenvalue weighted by Crippen LogP contribution is -2.47. The van der Waals surface area contributed by atoms with E-state index in [2.05, 4.69) is 21.4 Å². The summed E-state index contributed by atoms with van der Waals surface area (Å²) in [5.74, 6) is 0.701. The molecule has 3 aromatic rings. The lowest BCUT2D eigenvalue weighted by molar-refractivity contribution is -0.115. The molecule has 3 aromatic heterocycles. The summed E-state index contributed by atoms with van der Waals surface area (Å²) in [5.41, 5.74) is 3.65. The molecule has 29 heavy (non-hydrogen) atoms. The van der Waals surface area contributed by atoms with Gasteiger partial charge in [-0.05, 0) is 49.9 Å². The number of nitrogens with one attached hydrogen (secondary N) is 1. The first-order valence-corrected chi connectivity index (χ1v) is 9.76. The van der Waals surface area contributed by atoms with Crippen molar-refractivity contribution >= 4 is 22.9 Å². The zero-order chi connectivity index (χ0) is 20.0. The van der Waals surface area contributed by atoms with Gasteiger partial charge in [0.25, 0.3) is 0 Å². The summed E-state index contributed by atoms with van der Waals surface area (Å²) < 4.78 is 1.72. The molecule has 0 radical (unpaired) electrons. The van der Waals surface area contributed by atoms with Gasteiger partial charge in [0.1, 0.15) is 0 Å². The first-order chi connectivity index (χ1) is 14.1. The number of aliphatic hydroxyl groups is 1. The summed E-state index contributed by atoms with van der Waals surface area (Å²) in [6, 6.07) is 9.59. The SMILES string of the molecule is N#Cc1ccn2ncc(-c3ccc4c(n3)N(C3CCC(O)CC3)CC(=O)N4)c2c1. The van der Waals surface area contributed by atoms with Crippen molar-refractivity contribution in [3.8, 4) is 17.3 Å². The molecule has 0 unspecified atom stereocenters. The largest absolute Gasteiger partial charge is 0.393 e. The van der Waals surface area contributed by atoms with Crippen LogP contribution >= 0.6 is 0 Å². The highest BCUT2D eigenvalue weighted by atomic mass is 16.3. The minimum Gasteiger partial charge on any atom is -0.393 e. The number of pyridine rings is 2. The predicted molar refractivity (Wildman–Crippen MR) is 107 cm³/mol. The van der Waals surface area contributed by atoms with Crippen molar-refractivity contribution in [3.63, 3.8) is 0 Å². The van der Waals surface area contributed by atoms with E-state index in [4.69, 9.17) is 4.98 Å². The molecule has 2 aliphatic rings. The van der Waals surface area contributed by atoms with Gasteiger partial charge in [-0.15, -0.1) is 0 Å². The summed E-state index contributed by atoms with van der Waals surface area (Å²) in [6.45, 7) is 0.261. The van der Waals surface area contributed by atoms with Crippen molar-refractivity contribution in [2.75, 3.05) is 16.8 Å². The number of carbonyl (C=O) groups excluding carboxylic acids is 1. The van der Waals surface area contributed by atoms with Crippen LogP contribution in [0.4, 0.5) is 11.5 Å². The molecule has 0 bridgehead atoms. The molecular formula is C21H20N6O2. The molecule has 8 heteroatoms. The maximum absolute atomic E-state index is 12.2. The van der Waals surface area contributed by atoms with E-state index in [1.165, 1.54) is 0 Å². The van der Waals surface area contributed by atoms with Gasteiger partial charge in [-0.1, -0.05) is 0 Å². The number of carbonyl (C=O) groups is 1. The first-order valence-electron chi connectivity index (χ1n) is 9.76. The van der Waals surface area contributed by atoms with Crippen LogP contribution in [0.3, 0.4) is 0 Å². The van der Waals surface area contributed by atoms with Crippen LogP contribution in [0.15, 0.2) is 36.7 Å². The highest BCUT2D eigenvalue weighted by molar-refractivity contribution is 6.01. The van der Waals surface area contributed by atoms with Gasteiger partial charge in [0, 0.05) is 17.8 Å². The van der Waals surface area contributed by atoms with Gasteiger partial charge in [0.2, 0.25) is 5.91 Å². The highest BCUT2D eigenvalue weighted by Crippen LogP contribution is 2.36. The van der Waals surface area contributed by atoms with Crippen LogP contribution in [0, 0.1) is 11.3 Å². The summed E-state index contributed by atoms with van der Waals surface area (Å²) in [6.07, 6.45) is 6.40. The standard InChI is InChI=1S/C21H20N6O2/c22-10-13-7-8-27-19(9-13)16(11-23-27)17-5-6-18-21(25-17)26(12-20(29)24-18)14-1-3-15(28)4-2-14/h5-9,11,14-15,28H,1-4,12H2,(H,24,29). The number of nitriles is 1. The van der Waals surface area contributed by atoms with Crippen molar-refractivity contribution in [1.29, 1.82) is 5.26 Å². The molecule has 0 aromatic carbocycles. The van der Waals surface area contributed by atoms with Gasteiger partial charge in [0.05, 0.1) is 47.4 Å². The lowest BCUT2D eigenvalue weighted by Gasteiger charge is -2.39. The third-order valence-corrected chi connectivity index (χ3v) is 5.77. The van der Waals surface area contributed by atoms with Crippen LogP contribution in [-0.4, -0.2) is 44.3 Å². The normalized spacial score (nSPS) is 21.5. The first kappa shape index (κ1) is 17.6. The Kier molecular flexibility index (Phi) is 4.18. The summed E-state index contributed by atoms with van der Waals surface area (Å²) in [7, 11) is 0. The van der Waals surface area contributed by atoms with Gasteiger partial charge in [0.15, 0.2) is 5.82 Å². The second-order valence-electron chi connectivity index (χ2n) is 7.62. The van der Waals surface area contributed by atoms with Crippen molar-refractivity contribution in [2.24, 2.45) is 0 Å². The lowest BCUT2D eigenvalue weighted by atomic mass is 9.91. The second kappa shape index (κ2) is 6.87. The van der Waals surface area contributed by atoms with Crippen molar-refractivity contribution in [1.82, 2.24) is 14.6 Å². The number of hydrogen-bond donors (Lipinski definition) is 2. The number of anilines is 2. The van der Waals surface area contributed by atoms with Gasteiger partial charge in [-0.25, -0.2) is 9.50 Å². The second-order valence-corrected chi connectivity index (χ2v) is 7.62. The van der Waals surface area contributed by atoms with Crippen molar-refractivity contribution < 1.29 is 9.90 Å². The van der Waals surface area contributed by atoms with Gasteiger partial charge < -0.3 is 15.3 Å². The molecule has 0 spiro atoms. The zero-order valence-electron chi connectivity index (χ0n) is 15.7. The number of aromatic nitrogens is 3. The Morgan fingerprint density at radius 1 is 1.21 bits per heavy atom. The molecule has 1 amide bonds. The number of rotatable bonds is 2. The average molecular weight is 388 g/mol. The number of nitrogens with zero attached hydrogens (tertiary/aromatic N) is 5. The number of aliphatic hydroxyl groups excluding tert-OH is 1. The van der Waals surface area contributed by atoms with Crippen LogP contribution in [0.1, 0.15) is 31.2 Å². The quantitative estimate of drug-likeness (QED) is 0.698. The van der Waals surface area contributed by atoms with E-state index in [-0.39, 0.29) is 24.6 Å². The Balaban J connectivity index is 1.57. The molecule has 1 aliphatic carbocycles. The molecular weight excluding hydrogens is 368 g/mol. The molecule has 1 saturated carbocycles. The van der Waals surface area contributed by atoms with Crippen LogP contribution in [0.2, 0.25) is 0 Å². The Morgan fingerprint density at radius 3 is 2.83 bits per heavy atom. The monoisotopic (exact) mass is 388 g/mol. The van der Waals surface area contributed by atoms with E-state index in [0.29, 0.717) is 11.3 Å². The third-order valence-electron chi connectivity index (χ3n) is 5.77. The number of hydrogen-bond acceptors (Lipinski definition) is 6. The Bertz CT molecular complexity index is 1140. The van der Waals surface area contributed by atoms with Gasteiger partial charge in [-0.3, -0.25) is 4.79 Å². The molecule has 0 atom stereocenters. The van der Waals surface area contributed by atoms with Crippen LogP contribution in [0.25, 0.3) is 16.8 Å². The van der Waals surface area contributed by atoms with Crippen molar-refractivity contribution in [2.45, 2.75) is 37.8 Å². The maximum Gasteiger partial charge on any atom is 0.244 e. The van der Waals surface area contributed by atoms with Crippen LogP contribution < -0.4 is 10.2 Å². The van der Waals surface area contributed by atoms with Crippen molar-refractivity contribution in [3.05, 3.63) is 42.2 Å². The molecule has 2 N–H and O–H groups in total. The van der Waals surface area contributed by atoms with E-state index in [0.717, 1.165) is 48.3 Å². The van der Waals surface area contributed by atoms with E-state index >= 15 is 0 Å². The Hall–Kier alpha value is -3.44. The Labute approximate surface area is 167 Å². The fourth-order valence-electron chi connectivity index (χ4n) is 4.25. The summed E-state index contributed by atoms with van der Waals surface area (Å²) >= 11 is 0. The van der Waals surface area contributed by atoms with Crippen LogP contribution in [0.5, 0.6) is 0 Å². The molecule has 8 nitrogen and oxygen atoms in total. The van der Waals surface area contributed by atoms with E-state index in [9.17, 15) is 15.2 Å². The number of fused-ring (bicyclic) bond motifs is 2. The molecule has 1 aliphatic heterocycles. The average Bonchev–Trinajstić information content (AvgIpc) is 3.16. The predicted octanol–water partition coefficient (Wildman–Crippen LogP) is 2.33. The van der Waals surface area contributed by atoms with Crippen LogP contribution in [-0.2, 0) is 4.79 Å². The maximum atomic E-state index is 12.2. The Morgan fingerprint density at radius 2 is 2.03 bits per heavy atom. The minimum absolute atomic E-state index is 0.0483. The zero-order valence-corrected chi connectivity index (χ0v) is 15.7. The molecule has 0 saturated heterocycles. The topological polar surface area (TPSA) is 107 Å². The fourth-order valence-corrected chi connectivity index (χ4v) is 4.25. The van der Waals surface area contributed by atoms with E-state index in [1.54, 1.807) is 29.0 Å². The van der Waals surface area contributed by atoms with Gasteiger partial charge >= 0.3 is 0 Å². The fraction of sp³-hybridized carbons (Fsp3) is 0.333. The summed E-state index contributed by atoms with van der Waals surface area (Å²) in [4.78, 5) is 19.2. The molecule has 1 fully saturated rings. The minimum atomic E-state index is -0.253. The highest BCUT2D eigenvalue weighted by Gasteiger charge is 2.32. The molecule has 5 rings (SSSR count). The molecule has 4 heterocycles. The van der Waals surface area contributed by atoms with E-state index < -0.39 is 0 Å². The van der Waals surface area contributed by atoms with E-state index in [1.807, 2.05) is 12.1 Å². The number of amides is 1. The van der Waals surface area contributed by atoms with Gasteiger partial charge in [-0.2, -0.15) is 10.4 Å². The molecule has 146 valence electrons.